The zero-order valence-electron chi connectivity index (χ0n) is 21.7. The van der Waals surface area contributed by atoms with Crippen molar-refractivity contribution in [2.75, 3.05) is 51.4 Å². The van der Waals surface area contributed by atoms with Gasteiger partial charge in [0, 0.05) is 49.5 Å². The van der Waals surface area contributed by atoms with Crippen molar-refractivity contribution in [2.24, 2.45) is 0 Å². The van der Waals surface area contributed by atoms with E-state index in [9.17, 15) is 4.79 Å². The predicted octanol–water partition coefficient (Wildman–Crippen LogP) is 3.73. The highest BCUT2D eigenvalue weighted by Crippen LogP contribution is 2.27. The third-order valence-corrected chi connectivity index (χ3v) is 7.15. The van der Waals surface area contributed by atoms with E-state index in [4.69, 9.17) is 4.98 Å². The molecule has 37 heavy (non-hydrogen) atoms. The minimum Gasteiger partial charge on any atom is -0.357 e. The monoisotopic (exact) mass is 498 g/mol. The first-order valence-corrected chi connectivity index (χ1v) is 12.8. The zero-order chi connectivity index (χ0) is 25.8. The van der Waals surface area contributed by atoms with Crippen LogP contribution in [0.4, 0.5) is 17.5 Å². The largest absolute Gasteiger partial charge is 0.357 e. The van der Waals surface area contributed by atoms with Gasteiger partial charge < -0.3 is 25.4 Å². The molecule has 0 bridgehead atoms. The number of hydrogen-bond acceptors (Lipinski definition) is 8. The van der Waals surface area contributed by atoms with E-state index >= 15 is 0 Å². The second-order valence-corrected chi connectivity index (χ2v) is 9.78. The number of nitrogens with one attached hydrogen (secondary N) is 3. The molecular weight excluding hydrogens is 464 g/mol. The molecule has 9 nitrogen and oxygen atoms in total. The van der Waals surface area contributed by atoms with Gasteiger partial charge >= 0.3 is 0 Å². The lowest BCUT2D eigenvalue weighted by Crippen LogP contribution is -2.42. The lowest BCUT2D eigenvalue weighted by atomic mass is 10.0. The lowest BCUT2D eigenvalue weighted by Gasteiger charge is -2.35. The van der Waals surface area contributed by atoms with Gasteiger partial charge in [0.25, 0.3) is 5.56 Å². The van der Waals surface area contributed by atoms with Crippen molar-refractivity contribution in [1.29, 1.82) is 0 Å². The number of hydrogen-bond donors (Lipinski definition) is 3. The second-order valence-electron chi connectivity index (χ2n) is 9.78. The summed E-state index contributed by atoms with van der Waals surface area (Å²) in [5, 5.41) is 7.60. The van der Waals surface area contributed by atoms with Crippen LogP contribution in [-0.4, -0.2) is 76.6 Å². The van der Waals surface area contributed by atoms with Crippen LogP contribution in [0.3, 0.4) is 0 Å². The minimum absolute atomic E-state index is 0.185. The summed E-state index contributed by atoms with van der Waals surface area (Å²) in [6, 6.07) is 12.9. The quantitative estimate of drug-likeness (QED) is 0.338. The SMILES string of the molecule is CNc1ncc(-c2cc3cc[nH]c(=O)c3c(Nc3ccc(CCN4CCC(N(C)C)CC4)cc3)n2)cn1. The molecule has 4 aromatic rings. The molecule has 3 N–H and O–H groups in total. The van der Waals surface area contributed by atoms with E-state index in [-0.39, 0.29) is 5.56 Å². The fourth-order valence-electron chi connectivity index (χ4n) is 4.88. The number of pyridine rings is 2. The van der Waals surface area contributed by atoms with Crippen molar-refractivity contribution in [2.45, 2.75) is 25.3 Å². The molecule has 0 saturated carbocycles. The van der Waals surface area contributed by atoms with Gasteiger partial charge in [0.15, 0.2) is 0 Å². The van der Waals surface area contributed by atoms with E-state index < -0.39 is 0 Å². The van der Waals surface area contributed by atoms with Gasteiger partial charge in [-0.1, -0.05) is 12.1 Å². The summed E-state index contributed by atoms with van der Waals surface area (Å²) in [4.78, 5) is 33.7. The molecule has 5 rings (SSSR count). The Morgan fingerprint density at radius 1 is 1.08 bits per heavy atom. The Labute approximate surface area is 217 Å². The number of benzene rings is 1. The number of fused-ring (bicyclic) bond motifs is 1. The number of anilines is 3. The molecular formula is C28H34N8O. The van der Waals surface area contributed by atoms with Crippen LogP contribution in [0.5, 0.6) is 0 Å². The lowest BCUT2D eigenvalue weighted by molar-refractivity contribution is 0.146. The Morgan fingerprint density at radius 3 is 2.49 bits per heavy atom. The fraction of sp³-hybridized carbons (Fsp3) is 0.357. The number of aromatic amines is 1. The molecule has 0 unspecified atom stereocenters. The van der Waals surface area contributed by atoms with Crippen molar-refractivity contribution < 1.29 is 0 Å². The summed E-state index contributed by atoms with van der Waals surface area (Å²) in [6.45, 7) is 3.40. The molecule has 0 atom stereocenters. The van der Waals surface area contributed by atoms with Crippen LogP contribution in [0.1, 0.15) is 18.4 Å². The van der Waals surface area contributed by atoms with Crippen molar-refractivity contribution >= 4 is 28.2 Å². The third-order valence-electron chi connectivity index (χ3n) is 7.15. The second kappa shape index (κ2) is 11.1. The molecule has 1 aliphatic rings. The van der Waals surface area contributed by atoms with E-state index in [0.717, 1.165) is 42.7 Å². The molecule has 0 aliphatic carbocycles. The third kappa shape index (κ3) is 5.79. The van der Waals surface area contributed by atoms with Crippen LogP contribution in [0.25, 0.3) is 22.0 Å². The number of H-pyrrole nitrogens is 1. The summed E-state index contributed by atoms with van der Waals surface area (Å²) >= 11 is 0. The smallest absolute Gasteiger partial charge is 0.259 e. The van der Waals surface area contributed by atoms with Gasteiger partial charge in [-0.15, -0.1) is 0 Å². The summed E-state index contributed by atoms with van der Waals surface area (Å²) in [5.74, 6) is 1.04. The molecule has 1 saturated heterocycles. The highest BCUT2D eigenvalue weighted by atomic mass is 16.1. The molecule has 0 amide bonds. The van der Waals surface area contributed by atoms with Crippen LogP contribution in [0, 0.1) is 0 Å². The molecule has 0 spiro atoms. The number of nitrogens with zero attached hydrogens (tertiary/aromatic N) is 5. The maximum Gasteiger partial charge on any atom is 0.259 e. The summed E-state index contributed by atoms with van der Waals surface area (Å²) < 4.78 is 0. The average molecular weight is 499 g/mol. The molecule has 9 heteroatoms. The number of likely N-dealkylation sites (tertiary alicyclic amines) is 1. The Hall–Kier alpha value is -3.82. The summed E-state index contributed by atoms with van der Waals surface area (Å²) in [7, 11) is 6.13. The van der Waals surface area contributed by atoms with Crippen molar-refractivity contribution in [3.63, 3.8) is 0 Å². The Bertz CT molecular complexity index is 1390. The van der Waals surface area contributed by atoms with Crippen molar-refractivity contribution in [3.05, 3.63) is 70.9 Å². The topological polar surface area (TPSA) is 102 Å². The Morgan fingerprint density at radius 2 is 1.81 bits per heavy atom. The van der Waals surface area contributed by atoms with E-state index in [0.29, 0.717) is 28.9 Å². The maximum absolute atomic E-state index is 12.7. The van der Waals surface area contributed by atoms with Crippen LogP contribution in [0.15, 0.2) is 59.8 Å². The van der Waals surface area contributed by atoms with Gasteiger partial charge in [-0.3, -0.25) is 4.79 Å². The first-order chi connectivity index (χ1) is 18.0. The normalized spacial score (nSPS) is 14.8. The van der Waals surface area contributed by atoms with Gasteiger partial charge in [-0.05, 0) is 81.7 Å². The molecule has 0 radical (unpaired) electrons. The van der Waals surface area contributed by atoms with Gasteiger partial charge in [0.2, 0.25) is 5.95 Å². The molecule has 1 aliphatic heterocycles. The first kappa shape index (κ1) is 24.9. The van der Waals surface area contributed by atoms with Crippen LogP contribution in [0.2, 0.25) is 0 Å². The fourth-order valence-corrected chi connectivity index (χ4v) is 4.88. The van der Waals surface area contributed by atoms with E-state index in [1.807, 2.05) is 12.1 Å². The molecule has 1 fully saturated rings. The standard InChI is InChI=1S/C28H34N8O/c1-29-28-31-17-21(18-32-28)24-16-20-8-12-30-27(37)25(20)26(34-24)33-22-6-4-19(5-7-22)9-13-36-14-10-23(11-15-36)35(2)3/h4-8,12,16-18,23H,9-11,13-15H2,1-3H3,(H,30,37)(H,33,34)(H,29,31,32). The first-order valence-electron chi connectivity index (χ1n) is 12.8. The Kier molecular flexibility index (Phi) is 7.43. The van der Waals surface area contributed by atoms with E-state index in [2.05, 4.69) is 73.7 Å². The van der Waals surface area contributed by atoms with Crippen LogP contribution >= 0.6 is 0 Å². The van der Waals surface area contributed by atoms with E-state index in [1.54, 1.807) is 25.6 Å². The van der Waals surface area contributed by atoms with Gasteiger partial charge in [-0.2, -0.15) is 0 Å². The Balaban J connectivity index is 1.32. The average Bonchev–Trinajstić information content (AvgIpc) is 2.93. The molecule has 3 aromatic heterocycles. The van der Waals surface area contributed by atoms with Gasteiger partial charge in [0.05, 0.1) is 11.1 Å². The van der Waals surface area contributed by atoms with Gasteiger partial charge in [-0.25, -0.2) is 15.0 Å². The van der Waals surface area contributed by atoms with Crippen LogP contribution in [-0.2, 0) is 6.42 Å². The highest BCUT2D eigenvalue weighted by molar-refractivity contribution is 5.95. The molecule has 1 aromatic carbocycles. The maximum atomic E-state index is 12.7. The van der Waals surface area contributed by atoms with Crippen molar-refractivity contribution in [1.82, 2.24) is 29.7 Å². The summed E-state index contributed by atoms with van der Waals surface area (Å²) in [6.07, 6.45) is 8.59. The zero-order valence-corrected chi connectivity index (χ0v) is 21.7. The molecule has 192 valence electrons. The minimum atomic E-state index is -0.185. The number of piperidine rings is 1. The summed E-state index contributed by atoms with van der Waals surface area (Å²) in [5.41, 5.74) is 3.46. The van der Waals surface area contributed by atoms with Crippen LogP contribution < -0.4 is 16.2 Å². The van der Waals surface area contributed by atoms with Crippen molar-refractivity contribution in [3.8, 4) is 11.3 Å². The molecule has 4 heterocycles. The number of aromatic nitrogens is 4. The van der Waals surface area contributed by atoms with Gasteiger partial charge in [0.1, 0.15) is 5.82 Å². The number of rotatable bonds is 8. The van der Waals surface area contributed by atoms with E-state index in [1.165, 1.54) is 18.4 Å². The highest BCUT2D eigenvalue weighted by Gasteiger charge is 2.20. The predicted molar refractivity (Wildman–Crippen MR) is 150 cm³/mol.